The summed E-state index contributed by atoms with van der Waals surface area (Å²) in [6.07, 6.45) is 3.35. The van der Waals surface area contributed by atoms with Crippen molar-refractivity contribution in [3.8, 4) is 11.3 Å². The number of halogens is 1. The number of nitrogens with one attached hydrogen (secondary N) is 1. The fraction of sp³-hybridized carbons (Fsp3) is 0.167. The number of aryl methyl sites for hydroxylation is 1. The van der Waals surface area contributed by atoms with E-state index in [0.29, 0.717) is 22.0 Å². The summed E-state index contributed by atoms with van der Waals surface area (Å²) in [7, 11) is 1.33. The van der Waals surface area contributed by atoms with Crippen molar-refractivity contribution in [1.29, 1.82) is 0 Å². The third-order valence-electron chi connectivity index (χ3n) is 2.47. The van der Waals surface area contributed by atoms with Gasteiger partial charge in [0.25, 0.3) is 0 Å². The zero-order chi connectivity index (χ0) is 12.4. The highest BCUT2D eigenvalue weighted by atomic mass is 35.5. The minimum absolute atomic E-state index is 0.363. The Balaban J connectivity index is 2.56. The number of aromatic nitrogens is 2. The molecule has 0 saturated carbocycles. The Morgan fingerprint density at radius 2 is 2.29 bits per heavy atom. The standard InChI is InChI=1S/C12H11ClN2O2/c1-7-9(12(16)17-2)10(13)11(15-7)8-4-3-5-14-6-8/h3-6,15H,1-2H3. The topological polar surface area (TPSA) is 55.0 Å². The van der Waals surface area contributed by atoms with Gasteiger partial charge in [0.05, 0.1) is 23.4 Å². The van der Waals surface area contributed by atoms with Crippen LogP contribution in [0.3, 0.4) is 0 Å². The first kappa shape index (κ1) is 11.7. The van der Waals surface area contributed by atoms with Crippen LogP contribution in [0.1, 0.15) is 16.1 Å². The number of carbonyl (C=O) groups excluding carboxylic acids is 1. The molecule has 0 aromatic carbocycles. The summed E-state index contributed by atoms with van der Waals surface area (Å²) in [4.78, 5) is 18.6. The fourth-order valence-electron chi connectivity index (χ4n) is 1.65. The zero-order valence-corrected chi connectivity index (χ0v) is 10.2. The van der Waals surface area contributed by atoms with Crippen molar-refractivity contribution in [2.75, 3.05) is 7.11 Å². The first-order chi connectivity index (χ1) is 8.15. The van der Waals surface area contributed by atoms with Crippen LogP contribution in [0, 0.1) is 6.92 Å². The van der Waals surface area contributed by atoms with Gasteiger partial charge >= 0.3 is 5.97 Å². The van der Waals surface area contributed by atoms with Crippen molar-refractivity contribution in [2.24, 2.45) is 0 Å². The summed E-state index contributed by atoms with van der Waals surface area (Å²) in [6.45, 7) is 1.78. The number of pyridine rings is 1. The van der Waals surface area contributed by atoms with Gasteiger partial charge in [0, 0.05) is 23.7 Å². The van der Waals surface area contributed by atoms with Gasteiger partial charge in [-0.2, -0.15) is 0 Å². The number of H-pyrrole nitrogens is 1. The molecular weight excluding hydrogens is 240 g/mol. The van der Waals surface area contributed by atoms with Gasteiger partial charge in [-0.25, -0.2) is 4.79 Å². The Kier molecular flexibility index (Phi) is 3.15. The van der Waals surface area contributed by atoms with Gasteiger partial charge < -0.3 is 9.72 Å². The molecule has 1 N–H and O–H groups in total. The van der Waals surface area contributed by atoms with E-state index < -0.39 is 5.97 Å². The molecule has 2 aromatic heterocycles. The highest BCUT2D eigenvalue weighted by Crippen LogP contribution is 2.32. The lowest BCUT2D eigenvalue weighted by Gasteiger charge is -1.99. The molecule has 2 heterocycles. The number of hydrogen-bond acceptors (Lipinski definition) is 3. The van der Waals surface area contributed by atoms with Crippen LogP contribution in [-0.2, 0) is 4.74 Å². The molecule has 0 unspecified atom stereocenters. The Hall–Kier alpha value is -1.81. The van der Waals surface area contributed by atoms with Crippen LogP contribution < -0.4 is 0 Å². The maximum absolute atomic E-state index is 11.6. The molecular formula is C12H11ClN2O2. The number of aromatic amines is 1. The maximum Gasteiger partial charge on any atom is 0.341 e. The molecule has 0 atom stereocenters. The average Bonchev–Trinajstić information content (AvgIpc) is 2.65. The molecule has 0 saturated heterocycles. The first-order valence-corrected chi connectivity index (χ1v) is 5.39. The van der Waals surface area contributed by atoms with Crippen LogP contribution >= 0.6 is 11.6 Å². The van der Waals surface area contributed by atoms with Gasteiger partial charge in [-0.15, -0.1) is 0 Å². The molecule has 5 heteroatoms. The van der Waals surface area contributed by atoms with E-state index >= 15 is 0 Å². The van der Waals surface area contributed by atoms with Gasteiger partial charge in [-0.05, 0) is 19.1 Å². The summed E-state index contributed by atoms with van der Waals surface area (Å²) < 4.78 is 4.69. The van der Waals surface area contributed by atoms with Crippen molar-refractivity contribution in [2.45, 2.75) is 6.92 Å². The van der Waals surface area contributed by atoms with E-state index in [4.69, 9.17) is 11.6 Å². The van der Waals surface area contributed by atoms with Crippen LogP contribution in [0.5, 0.6) is 0 Å². The number of rotatable bonds is 2. The van der Waals surface area contributed by atoms with Crippen LogP contribution in [-0.4, -0.2) is 23.0 Å². The van der Waals surface area contributed by atoms with Crippen LogP contribution in [0.2, 0.25) is 5.02 Å². The Morgan fingerprint density at radius 1 is 1.53 bits per heavy atom. The minimum Gasteiger partial charge on any atom is -0.465 e. The van der Waals surface area contributed by atoms with Gasteiger partial charge in [-0.1, -0.05) is 11.6 Å². The Bertz CT molecular complexity index is 549. The SMILES string of the molecule is COC(=O)c1c(C)[nH]c(-c2cccnc2)c1Cl. The summed E-state index contributed by atoms with van der Waals surface area (Å²) >= 11 is 6.18. The number of ether oxygens (including phenoxy) is 1. The lowest BCUT2D eigenvalue weighted by atomic mass is 10.2. The monoisotopic (exact) mass is 250 g/mol. The summed E-state index contributed by atoms with van der Waals surface area (Å²) in [5.41, 5.74) is 2.56. The maximum atomic E-state index is 11.6. The number of methoxy groups -OCH3 is 1. The molecule has 2 aromatic rings. The molecule has 0 aliphatic carbocycles. The molecule has 0 spiro atoms. The summed E-state index contributed by atoms with van der Waals surface area (Å²) in [5.74, 6) is -0.445. The molecule has 0 aliphatic rings. The third-order valence-corrected chi connectivity index (χ3v) is 2.84. The largest absolute Gasteiger partial charge is 0.465 e. The highest BCUT2D eigenvalue weighted by molar-refractivity contribution is 6.36. The van der Waals surface area contributed by atoms with Crippen LogP contribution in [0.25, 0.3) is 11.3 Å². The van der Waals surface area contributed by atoms with Gasteiger partial charge in [0.15, 0.2) is 0 Å². The second-order valence-corrected chi connectivity index (χ2v) is 3.93. The van der Waals surface area contributed by atoms with Crippen molar-refractivity contribution >= 4 is 17.6 Å². The third kappa shape index (κ3) is 2.03. The molecule has 0 radical (unpaired) electrons. The molecule has 0 bridgehead atoms. The van der Waals surface area contributed by atoms with Crippen molar-refractivity contribution < 1.29 is 9.53 Å². The molecule has 88 valence electrons. The number of nitrogens with zero attached hydrogens (tertiary/aromatic N) is 1. The van der Waals surface area contributed by atoms with Crippen LogP contribution in [0.15, 0.2) is 24.5 Å². The number of hydrogen-bond donors (Lipinski definition) is 1. The lowest BCUT2D eigenvalue weighted by Crippen LogP contribution is -2.02. The highest BCUT2D eigenvalue weighted by Gasteiger charge is 2.21. The van der Waals surface area contributed by atoms with E-state index in [2.05, 4.69) is 14.7 Å². The van der Waals surface area contributed by atoms with Gasteiger partial charge in [0.2, 0.25) is 0 Å². The first-order valence-electron chi connectivity index (χ1n) is 5.02. The van der Waals surface area contributed by atoms with E-state index in [-0.39, 0.29) is 0 Å². The molecule has 4 nitrogen and oxygen atoms in total. The Labute approximate surface area is 104 Å². The Morgan fingerprint density at radius 3 is 2.88 bits per heavy atom. The summed E-state index contributed by atoms with van der Waals surface area (Å²) in [6, 6.07) is 3.67. The molecule has 2 rings (SSSR count). The second-order valence-electron chi connectivity index (χ2n) is 3.55. The van der Waals surface area contributed by atoms with Crippen molar-refractivity contribution in [3.05, 3.63) is 40.8 Å². The van der Waals surface area contributed by atoms with Gasteiger partial charge in [-0.3, -0.25) is 4.98 Å². The van der Waals surface area contributed by atoms with E-state index in [1.165, 1.54) is 7.11 Å². The predicted octanol–water partition coefficient (Wildman–Crippen LogP) is 2.83. The average molecular weight is 251 g/mol. The van der Waals surface area contributed by atoms with Crippen LogP contribution in [0.4, 0.5) is 0 Å². The zero-order valence-electron chi connectivity index (χ0n) is 9.45. The summed E-state index contributed by atoms with van der Waals surface area (Å²) in [5, 5.41) is 0.363. The normalized spacial score (nSPS) is 10.3. The van der Waals surface area contributed by atoms with Crippen molar-refractivity contribution in [1.82, 2.24) is 9.97 Å². The number of esters is 1. The quantitative estimate of drug-likeness (QED) is 0.834. The van der Waals surface area contributed by atoms with Gasteiger partial charge in [0.1, 0.15) is 0 Å². The lowest BCUT2D eigenvalue weighted by molar-refractivity contribution is 0.0600. The van der Waals surface area contributed by atoms with E-state index in [0.717, 1.165) is 5.56 Å². The van der Waals surface area contributed by atoms with Crippen molar-refractivity contribution in [3.63, 3.8) is 0 Å². The van der Waals surface area contributed by atoms with E-state index in [1.54, 1.807) is 25.4 Å². The molecule has 0 aliphatic heterocycles. The predicted molar refractivity (Wildman–Crippen MR) is 65.1 cm³/mol. The van der Waals surface area contributed by atoms with E-state index in [9.17, 15) is 4.79 Å². The molecule has 17 heavy (non-hydrogen) atoms. The van der Waals surface area contributed by atoms with E-state index in [1.807, 2.05) is 6.07 Å². The molecule has 0 fully saturated rings. The molecule has 0 amide bonds. The number of carbonyl (C=O) groups is 1. The second kappa shape index (κ2) is 4.59. The minimum atomic E-state index is -0.445. The fourth-order valence-corrected chi connectivity index (χ4v) is 2.02. The smallest absolute Gasteiger partial charge is 0.341 e.